The predicted molar refractivity (Wildman–Crippen MR) is 112 cm³/mol. The first-order valence-electron chi connectivity index (χ1n) is 8.28. The fourth-order valence-electron chi connectivity index (χ4n) is 1.87. The van der Waals surface area contributed by atoms with E-state index in [0.29, 0.717) is 0 Å². The zero-order valence-corrected chi connectivity index (χ0v) is 22.4. The number of hydrogen-bond acceptors (Lipinski definition) is 2. The van der Waals surface area contributed by atoms with Crippen LogP contribution in [0.1, 0.15) is 11.4 Å². The summed E-state index contributed by atoms with van der Waals surface area (Å²) < 4.78 is 0. The van der Waals surface area contributed by atoms with Crippen LogP contribution < -0.4 is 0 Å². The van der Waals surface area contributed by atoms with Crippen LogP contribution in [0, 0.1) is 13.8 Å². The molecule has 0 aliphatic rings. The summed E-state index contributed by atoms with van der Waals surface area (Å²) in [5.41, 5.74) is 2.07. The minimum Gasteiger partial charge on any atom is -2.00 e. The maximum Gasteiger partial charge on any atom is 0.0438 e. The zero-order chi connectivity index (χ0) is 18.4. The molecule has 0 radical (unpaired) electrons. The molecule has 0 spiro atoms. The topological polar surface area (TPSA) is 111 Å². The quantitative estimate of drug-likeness (QED) is 0.404. The average Bonchev–Trinajstić information content (AvgIpc) is 2.35. The van der Waals surface area contributed by atoms with Gasteiger partial charge in [-0.15, -0.1) is 0 Å². The number of aromatic nitrogens is 2. The normalized spacial score (nSPS) is 10.1. The SMILES string of the molecule is Cc1cccc([N-][Si](C)(C)C)n1.Cc1cccc([N-][Si](C)(C)C)n1.[O-2].[O-2].[W]. The minimum absolute atomic E-state index is 0. The summed E-state index contributed by atoms with van der Waals surface area (Å²) in [4.78, 5) is 17.8. The van der Waals surface area contributed by atoms with Gasteiger partial charge in [-0.3, -0.25) is 0 Å². The molecule has 0 saturated heterocycles. The van der Waals surface area contributed by atoms with E-state index in [-0.39, 0.29) is 32.0 Å². The van der Waals surface area contributed by atoms with E-state index in [4.69, 9.17) is 0 Å². The molecule has 0 saturated carbocycles. The van der Waals surface area contributed by atoms with Crippen LogP contribution in [0.3, 0.4) is 0 Å². The monoisotopic (exact) mass is 574 g/mol. The maximum absolute atomic E-state index is 4.58. The van der Waals surface area contributed by atoms with Gasteiger partial charge in [0.05, 0.1) is 0 Å². The molecule has 0 aromatic carbocycles. The van der Waals surface area contributed by atoms with E-state index in [1.807, 2.05) is 50.2 Å². The molecule has 9 heteroatoms. The van der Waals surface area contributed by atoms with Crippen molar-refractivity contribution >= 4 is 28.1 Å². The second-order valence-electron chi connectivity index (χ2n) is 7.84. The second kappa shape index (κ2) is 13.2. The van der Waals surface area contributed by atoms with Crippen molar-refractivity contribution < 1.29 is 32.0 Å². The van der Waals surface area contributed by atoms with Crippen LogP contribution in [0.25, 0.3) is 9.96 Å². The molecule has 2 aromatic heterocycles. The molecule has 0 unspecified atom stereocenters. The Labute approximate surface area is 180 Å². The van der Waals surface area contributed by atoms with Crippen molar-refractivity contribution in [1.29, 1.82) is 0 Å². The number of hydrogen-bond donors (Lipinski definition) is 0. The Balaban J connectivity index is -0.000000384. The third kappa shape index (κ3) is 15.7. The molecule has 2 rings (SSSR count). The van der Waals surface area contributed by atoms with Gasteiger partial charge < -0.3 is 30.9 Å². The van der Waals surface area contributed by atoms with E-state index >= 15 is 0 Å². The van der Waals surface area contributed by atoms with Crippen LogP contribution in [0.5, 0.6) is 0 Å². The van der Waals surface area contributed by atoms with Gasteiger partial charge in [0.1, 0.15) is 0 Å². The van der Waals surface area contributed by atoms with Crippen molar-refractivity contribution in [3.63, 3.8) is 0 Å². The van der Waals surface area contributed by atoms with Gasteiger partial charge in [-0.2, -0.15) is 0 Å². The molecule has 154 valence electrons. The van der Waals surface area contributed by atoms with Gasteiger partial charge in [-0.1, -0.05) is 98.7 Å². The van der Waals surface area contributed by atoms with Crippen molar-refractivity contribution in [1.82, 2.24) is 9.97 Å². The molecule has 2 aromatic rings. The zero-order valence-electron chi connectivity index (χ0n) is 17.5. The average molecular weight is 574 g/mol. The molecule has 0 atom stereocenters. The summed E-state index contributed by atoms with van der Waals surface area (Å²) in [5, 5.41) is 0. The summed E-state index contributed by atoms with van der Waals surface area (Å²) >= 11 is 0. The van der Waals surface area contributed by atoms with Gasteiger partial charge in [-0.25, -0.2) is 0 Å². The van der Waals surface area contributed by atoms with Crippen LogP contribution >= 0.6 is 0 Å². The Bertz CT molecular complexity index is 605. The Kier molecular flexibility index (Phi) is 15.0. The molecule has 6 nitrogen and oxygen atoms in total. The molecule has 0 amide bonds. The molecule has 0 fully saturated rings. The molecule has 0 aliphatic carbocycles. The number of pyridine rings is 2. The number of nitrogens with zero attached hydrogens (tertiary/aromatic N) is 4. The summed E-state index contributed by atoms with van der Waals surface area (Å²) in [6.45, 7) is 17.2. The Morgan fingerprint density at radius 1 is 0.630 bits per heavy atom. The molecule has 0 bridgehead atoms. The fraction of sp³-hybridized carbons (Fsp3) is 0.444. The van der Waals surface area contributed by atoms with Crippen molar-refractivity contribution in [3.05, 3.63) is 57.8 Å². The summed E-state index contributed by atoms with van der Waals surface area (Å²) in [6, 6.07) is 11.9. The predicted octanol–water partition coefficient (Wildman–Crippen LogP) is 6.22. The molecule has 2 heterocycles. The molecule has 0 aliphatic heterocycles. The number of aryl methyl sites for hydroxylation is 2. The van der Waals surface area contributed by atoms with E-state index in [1.54, 1.807) is 0 Å². The third-order valence-corrected chi connectivity index (χ3v) is 4.45. The second-order valence-corrected chi connectivity index (χ2v) is 17.0. The Morgan fingerprint density at radius 2 is 0.926 bits per heavy atom. The van der Waals surface area contributed by atoms with Gasteiger partial charge in [0.2, 0.25) is 0 Å². The van der Waals surface area contributed by atoms with Crippen LogP contribution in [-0.4, -0.2) is 26.4 Å². The first kappa shape index (κ1) is 30.7. The third-order valence-electron chi connectivity index (χ3n) is 2.65. The minimum atomic E-state index is -1.36. The Morgan fingerprint density at radius 3 is 1.15 bits per heavy atom. The van der Waals surface area contributed by atoms with Gasteiger partial charge in [-0.05, 0) is 13.8 Å². The Hall–Kier alpha value is -1.06. The summed E-state index contributed by atoms with van der Waals surface area (Å²) in [7, 11) is -2.72. The molecule has 27 heavy (non-hydrogen) atoms. The van der Waals surface area contributed by atoms with Crippen molar-refractivity contribution in [2.45, 2.75) is 53.1 Å². The summed E-state index contributed by atoms with van der Waals surface area (Å²) in [6.07, 6.45) is 0. The standard InChI is InChI=1S/2C9H15N2Si.2O.W/c2*1-8-6-5-7-9(10-8)11-12(2,3)4;;;/h2*5-7H,1-4H3;;;/q2*-1;2*-2;. The first-order valence-corrected chi connectivity index (χ1v) is 15.2. The van der Waals surface area contributed by atoms with E-state index in [9.17, 15) is 0 Å². The maximum atomic E-state index is 4.58. The van der Waals surface area contributed by atoms with Crippen molar-refractivity contribution in [2.75, 3.05) is 0 Å². The largest absolute Gasteiger partial charge is 2.00 e. The first-order chi connectivity index (χ1) is 10.9. The van der Waals surface area contributed by atoms with E-state index in [0.717, 1.165) is 23.0 Å². The van der Waals surface area contributed by atoms with Gasteiger partial charge in [0, 0.05) is 37.5 Å². The van der Waals surface area contributed by atoms with Gasteiger partial charge in [0.15, 0.2) is 0 Å². The molecular weight excluding hydrogens is 544 g/mol. The van der Waals surface area contributed by atoms with Gasteiger partial charge >= 0.3 is 0 Å². The molecule has 0 N–H and O–H groups in total. The van der Waals surface area contributed by atoms with Crippen LogP contribution in [0.15, 0.2) is 36.4 Å². The number of rotatable bonds is 4. The summed E-state index contributed by atoms with van der Waals surface area (Å²) in [5.74, 6) is 1.77. The van der Waals surface area contributed by atoms with Crippen LogP contribution in [0.4, 0.5) is 11.6 Å². The van der Waals surface area contributed by atoms with E-state index < -0.39 is 16.5 Å². The van der Waals surface area contributed by atoms with E-state index in [1.165, 1.54) is 0 Å². The van der Waals surface area contributed by atoms with Crippen molar-refractivity contribution in [3.8, 4) is 0 Å². The van der Waals surface area contributed by atoms with Crippen LogP contribution in [0.2, 0.25) is 39.3 Å². The van der Waals surface area contributed by atoms with Crippen molar-refractivity contribution in [2.24, 2.45) is 0 Å². The van der Waals surface area contributed by atoms with Crippen LogP contribution in [-0.2, 0) is 32.0 Å². The fourth-order valence-corrected chi connectivity index (χ4v) is 3.49. The molecular formula is C18H30N4O2Si2W-6. The van der Waals surface area contributed by atoms with E-state index in [2.05, 4.69) is 59.2 Å². The van der Waals surface area contributed by atoms with Gasteiger partial charge in [0.25, 0.3) is 0 Å². The smallest absolute Gasteiger partial charge is 0.0438 e.